The second-order valence-electron chi connectivity index (χ2n) is 4.49. The van der Waals surface area contributed by atoms with Crippen molar-refractivity contribution in [2.24, 2.45) is 0 Å². The highest BCUT2D eigenvalue weighted by atomic mass is 16.4. The summed E-state index contributed by atoms with van der Waals surface area (Å²) in [5, 5.41) is 9.06. The Balaban J connectivity index is 2.13. The van der Waals surface area contributed by atoms with Gasteiger partial charge in [-0.2, -0.15) is 0 Å². The number of carboxylic acids is 1. The van der Waals surface area contributed by atoms with Crippen LogP contribution in [0.5, 0.6) is 0 Å². The summed E-state index contributed by atoms with van der Waals surface area (Å²) in [4.78, 5) is 11.0. The van der Waals surface area contributed by atoms with Gasteiger partial charge in [-0.3, -0.25) is 0 Å². The lowest BCUT2D eigenvalue weighted by molar-refractivity contribution is 0.0694. The van der Waals surface area contributed by atoms with Gasteiger partial charge in [-0.15, -0.1) is 0 Å². The molecule has 18 heavy (non-hydrogen) atoms. The highest BCUT2D eigenvalue weighted by Gasteiger charge is 2.15. The van der Waals surface area contributed by atoms with Crippen molar-refractivity contribution in [2.75, 3.05) is 0 Å². The van der Waals surface area contributed by atoms with Gasteiger partial charge in [0.2, 0.25) is 0 Å². The van der Waals surface area contributed by atoms with Crippen LogP contribution in [0, 0.1) is 13.8 Å². The summed E-state index contributed by atoms with van der Waals surface area (Å²) in [6, 6.07) is 9.78. The number of hydrogen-bond acceptors (Lipinski definition) is 2. The molecule has 0 unspecified atom stereocenters. The summed E-state index contributed by atoms with van der Waals surface area (Å²) < 4.78 is 5.45. The third kappa shape index (κ3) is 2.80. The standard InChI is InChI=1S/C15H16O3/c1-10-4-3-5-12(8-10)6-7-14-13(15(16)17)9-11(2)18-14/h3-5,8-9H,6-7H2,1-2H3,(H,16,17). The molecule has 0 aliphatic carbocycles. The largest absolute Gasteiger partial charge is 0.478 e. The van der Waals surface area contributed by atoms with Gasteiger partial charge in [-0.05, 0) is 31.9 Å². The van der Waals surface area contributed by atoms with E-state index in [1.54, 1.807) is 13.0 Å². The van der Waals surface area contributed by atoms with E-state index in [4.69, 9.17) is 9.52 Å². The van der Waals surface area contributed by atoms with Gasteiger partial charge in [0.15, 0.2) is 0 Å². The SMILES string of the molecule is Cc1cccc(CCc2oc(C)cc2C(=O)O)c1. The van der Waals surface area contributed by atoms with Crippen molar-refractivity contribution in [3.05, 3.63) is 58.5 Å². The minimum absolute atomic E-state index is 0.278. The van der Waals surface area contributed by atoms with Crippen LogP contribution in [0.2, 0.25) is 0 Å². The molecule has 2 rings (SSSR count). The number of carbonyl (C=O) groups is 1. The maximum atomic E-state index is 11.0. The first kappa shape index (κ1) is 12.4. The number of benzene rings is 1. The highest BCUT2D eigenvalue weighted by molar-refractivity contribution is 5.88. The van der Waals surface area contributed by atoms with Crippen LogP contribution in [0.3, 0.4) is 0 Å². The van der Waals surface area contributed by atoms with Crippen LogP contribution in [0.15, 0.2) is 34.7 Å². The molecule has 1 aromatic heterocycles. The van der Waals surface area contributed by atoms with Crippen molar-refractivity contribution < 1.29 is 14.3 Å². The minimum atomic E-state index is -0.925. The Hall–Kier alpha value is -2.03. The van der Waals surface area contributed by atoms with Crippen molar-refractivity contribution in [2.45, 2.75) is 26.7 Å². The number of furan rings is 1. The number of aromatic carboxylic acids is 1. The molecule has 0 aliphatic rings. The molecular formula is C15H16O3. The normalized spacial score (nSPS) is 10.6. The Morgan fingerprint density at radius 1 is 1.22 bits per heavy atom. The average molecular weight is 244 g/mol. The van der Waals surface area contributed by atoms with Crippen LogP contribution in [-0.2, 0) is 12.8 Å². The Bertz CT molecular complexity index is 567. The molecular weight excluding hydrogens is 228 g/mol. The molecule has 0 radical (unpaired) electrons. The van der Waals surface area contributed by atoms with Crippen LogP contribution in [0.25, 0.3) is 0 Å². The number of aryl methyl sites for hydroxylation is 4. The van der Waals surface area contributed by atoms with Gasteiger partial charge in [-0.1, -0.05) is 29.8 Å². The van der Waals surface area contributed by atoms with Crippen LogP contribution in [-0.4, -0.2) is 11.1 Å². The lowest BCUT2D eigenvalue weighted by Crippen LogP contribution is -2.00. The van der Waals surface area contributed by atoms with Crippen LogP contribution < -0.4 is 0 Å². The molecule has 0 bridgehead atoms. The number of rotatable bonds is 4. The quantitative estimate of drug-likeness (QED) is 0.897. The van der Waals surface area contributed by atoms with E-state index in [1.165, 1.54) is 11.1 Å². The predicted molar refractivity (Wildman–Crippen MR) is 69.0 cm³/mol. The van der Waals surface area contributed by atoms with Gasteiger partial charge in [-0.25, -0.2) is 4.79 Å². The van der Waals surface area contributed by atoms with E-state index >= 15 is 0 Å². The summed E-state index contributed by atoms with van der Waals surface area (Å²) in [6.07, 6.45) is 1.40. The van der Waals surface area contributed by atoms with Gasteiger partial charge in [0.05, 0.1) is 0 Å². The molecule has 2 aromatic rings. The second kappa shape index (κ2) is 5.08. The lowest BCUT2D eigenvalue weighted by atomic mass is 10.0. The Kier molecular flexibility index (Phi) is 3.51. The van der Waals surface area contributed by atoms with E-state index in [0.717, 1.165) is 6.42 Å². The van der Waals surface area contributed by atoms with Crippen molar-refractivity contribution >= 4 is 5.97 Å². The van der Waals surface area contributed by atoms with Crippen molar-refractivity contribution in [1.29, 1.82) is 0 Å². The van der Waals surface area contributed by atoms with E-state index in [2.05, 4.69) is 6.07 Å². The molecule has 0 saturated carbocycles. The molecule has 1 heterocycles. The smallest absolute Gasteiger partial charge is 0.339 e. The molecule has 0 saturated heterocycles. The monoisotopic (exact) mass is 244 g/mol. The first-order valence-electron chi connectivity index (χ1n) is 5.94. The third-order valence-corrected chi connectivity index (χ3v) is 2.89. The van der Waals surface area contributed by atoms with Crippen LogP contribution in [0.1, 0.15) is 33.0 Å². The van der Waals surface area contributed by atoms with Crippen molar-refractivity contribution in [3.8, 4) is 0 Å². The first-order chi connectivity index (χ1) is 8.56. The zero-order valence-corrected chi connectivity index (χ0v) is 10.6. The Morgan fingerprint density at radius 3 is 2.67 bits per heavy atom. The minimum Gasteiger partial charge on any atom is -0.478 e. The molecule has 0 aliphatic heterocycles. The van der Waals surface area contributed by atoms with Gasteiger partial charge in [0.1, 0.15) is 17.1 Å². The fourth-order valence-electron chi connectivity index (χ4n) is 2.05. The summed E-state index contributed by atoms with van der Waals surface area (Å²) >= 11 is 0. The van der Waals surface area contributed by atoms with Gasteiger partial charge in [0, 0.05) is 6.42 Å². The fourth-order valence-corrected chi connectivity index (χ4v) is 2.05. The van der Waals surface area contributed by atoms with Crippen molar-refractivity contribution in [3.63, 3.8) is 0 Å². The summed E-state index contributed by atoms with van der Waals surface area (Å²) in [7, 11) is 0. The van der Waals surface area contributed by atoms with Crippen molar-refractivity contribution in [1.82, 2.24) is 0 Å². The molecule has 1 N–H and O–H groups in total. The molecule has 3 nitrogen and oxygen atoms in total. The summed E-state index contributed by atoms with van der Waals surface area (Å²) in [6.45, 7) is 3.81. The summed E-state index contributed by atoms with van der Waals surface area (Å²) in [5.74, 6) is 0.277. The Labute approximate surface area is 106 Å². The molecule has 94 valence electrons. The molecule has 0 amide bonds. The van der Waals surface area contributed by atoms with Gasteiger partial charge in [0.25, 0.3) is 0 Å². The third-order valence-electron chi connectivity index (χ3n) is 2.89. The van der Waals surface area contributed by atoms with E-state index in [0.29, 0.717) is 17.9 Å². The molecule has 1 aromatic carbocycles. The topological polar surface area (TPSA) is 50.4 Å². The predicted octanol–water partition coefficient (Wildman–Crippen LogP) is 3.38. The second-order valence-corrected chi connectivity index (χ2v) is 4.49. The van der Waals surface area contributed by atoms with E-state index in [1.807, 2.05) is 25.1 Å². The number of carboxylic acid groups (broad SMARTS) is 1. The zero-order valence-electron chi connectivity index (χ0n) is 10.6. The van der Waals surface area contributed by atoms with E-state index < -0.39 is 5.97 Å². The maximum Gasteiger partial charge on any atom is 0.339 e. The summed E-state index contributed by atoms with van der Waals surface area (Å²) in [5.41, 5.74) is 2.68. The average Bonchev–Trinajstić information content (AvgIpc) is 2.68. The lowest BCUT2D eigenvalue weighted by Gasteiger charge is -2.02. The zero-order chi connectivity index (χ0) is 13.1. The van der Waals surface area contributed by atoms with Crippen LogP contribution in [0.4, 0.5) is 0 Å². The van der Waals surface area contributed by atoms with Crippen LogP contribution >= 0.6 is 0 Å². The first-order valence-corrected chi connectivity index (χ1v) is 5.94. The van der Waals surface area contributed by atoms with Gasteiger partial charge < -0.3 is 9.52 Å². The van der Waals surface area contributed by atoms with E-state index in [9.17, 15) is 4.79 Å². The molecule has 0 fully saturated rings. The molecule has 0 spiro atoms. The fraction of sp³-hybridized carbons (Fsp3) is 0.267. The van der Waals surface area contributed by atoms with Gasteiger partial charge >= 0.3 is 5.97 Å². The Morgan fingerprint density at radius 2 is 2.00 bits per heavy atom. The highest BCUT2D eigenvalue weighted by Crippen LogP contribution is 2.17. The van der Waals surface area contributed by atoms with E-state index in [-0.39, 0.29) is 5.56 Å². The molecule has 3 heteroatoms. The maximum absolute atomic E-state index is 11.0. The molecule has 0 atom stereocenters. The number of hydrogen-bond donors (Lipinski definition) is 1.